The molecule has 1 aromatic carbocycles. The van der Waals surface area contributed by atoms with Gasteiger partial charge in [-0.05, 0) is 50.1 Å². The lowest BCUT2D eigenvalue weighted by Gasteiger charge is -2.17. The third kappa shape index (κ3) is 5.00. The smallest absolute Gasteiger partial charge is 0.321 e. The quantitative estimate of drug-likeness (QED) is 0.610. The number of aliphatic carboxylic acids is 1. The van der Waals surface area contributed by atoms with E-state index in [9.17, 15) is 21.6 Å². The van der Waals surface area contributed by atoms with Gasteiger partial charge < -0.3 is 5.11 Å². The summed E-state index contributed by atoms with van der Waals surface area (Å²) < 4.78 is 52.7. The first-order valence-electron chi connectivity index (χ1n) is 7.20. The Morgan fingerprint density at radius 2 is 1.75 bits per heavy atom. The maximum Gasteiger partial charge on any atom is 0.321 e. The molecular weight excluding hydrogens is 356 g/mol. The standard InChI is InChI=1S/C14H22N2O6S2/c1-9(2)7-12(14(17)18)16-23(19,20)11-5-6-13(10(3)8-11)24(21,22)15-4/h5-6,8-9,12,15-16H,7H2,1-4H3,(H,17,18)/t12-/m1/s1. The topological polar surface area (TPSA) is 130 Å². The van der Waals surface area contributed by atoms with Gasteiger partial charge >= 0.3 is 5.97 Å². The lowest BCUT2D eigenvalue weighted by Crippen LogP contribution is -2.41. The third-order valence-corrected chi connectivity index (χ3v) is 6.36. The number of nitrogens with one attached hydrogen (secondary N) is 2. The number of hydrogen-bond acceptors (Lipinski definition) is 5. The van der Waals surface area contributed by atoms with Gasteiger partial charge in [0.05, 0.1) is 9.79 Å². The Hall–Kier alpha value is -1.49. The van der Waals surface area contributed by atoms with Crippen LogP contribution in [-0.4, -0.2) is 41.0 Å². The number of benzene rings is 1. The van der Waals surface area contributed by atoms with Crippen molar-refractivity contribution in [3.05, 3.63) is 23.8 Å². The van der Waals surface area contributed by atoms with Crippen LogP contribution in [0.25, 0.3) is 0 Å². The second kappa shape index (κ2) is 7.60. The molecule has 0 bridgehead atoms. The fourth-order valence-corrected chi connectivity index (χ4v) is 4.36. The lowest BCUT2D eigenvalue weighted by molar-refractivity contribution is -0.139. The van der Waals surface area contributed by atoms with Gasteiger partial charge in [-0.25, -0.2) is 21.6 Å². The average molecular weight is 378 g/mol. The summed E-state index contributed by atoms with van der Waals surface area (Å²) in [5.41, 5.74) is 0.239. The summed E-state index contributed by atoms with van der Waals surface area (Å²) in [5.74, 6) is -1.28. The van der Waals surface area contributed by atoms with Crippen LogP contribution in [0.1, 0.15) is 25.8 Å². The van der Waals surface area contributed by atoms with Crippen LogP contribution >= 0.6 is 0 Å². The highest BCUT2D eigenvalue weighted by Gasteiger charge is 2.27. The maximum atomic E-state index is 12.4. The van der Waals surface area contributed by atoms with Crippen molar-refractivity contribution in [3.8, 4) is 0 Å². The monoisotopic (exact) mass is 378 g/mol. The Kier molecular flexibility index (Phi) is 6.51. The SMILES string of the molecule is CNS(=O)(=O)c1ccc(S(=O)(=O)N[C@H](CC(C)C)C(=O)O)cc1C. The summed E-state index contributed by atoms with van der Waals surface area (Å²) in [6, 6.07) is 2.25. The van der Waals surface area contributed by atoms with Crippen molar-refractivity contribution in [2.24, 2.45) is 5.92 Å². The molecule has 0 radical (unpaired) electrons. The number of aryl methyl sites for hydroxylation is 1. The second-order valence-corrected chi connectivity index (χ2v) is 9.35. The minimum atomic E-state index is -4.09. The fourth-order valence-electron chi connectivity index (χ4n) is 2.13. The van der Waals surface area contributed by atoms with Crippen molar-refractivity contribution in [1.82, 2.24) is 9.44 Å². The number of carboxylic acid groups (broad SMARTS) is 1. The van der Waals surface area contributed by atoms with Gasteiger partial charge in [-0.15, -0.1) is 0 Å². The van der Waals surface area contributed by atoms with E-state index in [-0.39, 0.29) is 27.7 Å². The van der Waals surface area contributed by atoms with Crippen molar-refractivity contribution >= 4 is 26.0 Å². The Balaban J connectivity index is 3.20. The molecule has 0 unspecified atom stereocenters. The van der Waals surface area contributed by atoms with Crippen LogP contribution < -0.4 is 9.44 Å². The van der Waals surface area contributed by atoms with Crippen LogP contribution in [0.15, 0.2) is 28.0 Å². The second-order valence-electron chi connectivity index (χ2n) is 5.78. The molecule has 136 valence electrons. The Morgan fingerprint density at radius 1 is 1.17 bits per heavy atom. The number of carbonyl (C=O) groups is 1. The molecular formula is C14H22N2O6S2. The first-order chi connectivity index (χ1) is 10.9. The highest BCUT2D eigenvalue weighted by atomic mass is 32.2. The number of carboxylic acids is 1. The minimum Gasteiger partial charge on any atom is -0.480 e. The summed E-state index contributed by atoms with van der Waals surface area (Å²) in [4.78, 5) is 11.0. The van der Waals surface area contributed by atoms with E-state index in [1.807, 2.05) is 0 Å². The van der Waals surface area contributed by atoms with Crippen molar-refractivity contribution in [2.75, 3.05) is 7.05 Å². The predicted molar refractivity (Wildman–Crippen MR) is 88.6 cm³/mol. The summed E-state index contributed by atoms with van der Waals surface area (Å²) in [6.45, 7) is 5.03. The molecule has 0 fully saturated rings. The lowest BCUT2D eigenvalue weighted by atomic mass is 10.1. The Morgan fingerprint density at radius 3 is 2.17 bits per heavy atom. The van der Waals surface area contributed by atoms with E-state index in [0.29, 0.717) is 0 Å². The van der Waals surface area contributed by atoms with Gasteiger partial charge in [-0.2, -0.15) is 4.72 Å². The highest BCUT2D eigenvalue weighted by molar-refractivity contribution is 7.90. The van der Waals surface area contributed by atoms with Crippen LogP contribution in [0.5, 0.6) is 0 Å². The van der Waals surface area contributed by atoms with Gasteiger partial charge in [0.2, 0.25) is 20.0 Å². The van der Waals surface area contributed by atoms with Crippen molar-refractivity contribution in [2.45, 2.75) is 43.0 Å². The van der Waals surface area contributed by atoms with E-state index >= 15 is 0 Å². The van der Waals surface area contributed by atoms with E-state index < -0.39 is 32.1 Å². The normalized spacial score (nSPS) is 13.9. The molecule has 0 saturated heterocycles. The number of sulfonamides is 2. The molecule has 8 nitrogen and oxygen atoms in total. The van der Waals surface area contributed by atoms with E-state index in [4.69, 9.17) is 5.11 Å². The van der Waals surface area contributed by atoms with E-state index in [1.54, 1.807) is 13.8 Å². The van der Waals surface area contributed by atoms with Gasteiger partial charge in [0.1, 0.15) is 6.04 Å². The van der Waals surface area contributed by atoms with Crippen molar-refractivity contribution in [3.63, 3.8) is 0 Å². The predicted octanol–water partition coefficient (Wildman–Crippen LogP) is 0.681. The van der Waals surface area contributed by atoms with Crippen LogP contribution in [0.2, 0.25) is 0 Å². The van der Waals surface area contributed by atoms with Crippen LogP contribution in [-0.2, 0) is 24.8 Å². The van der Waals surface area contributed by atoms with E-state index in [2.05, 4.69) is 9.44 Å². The van der Waals surface area contributed by atoms with Crippen molar-refractivity contribution in [1.29, 1.82) is 0 Å². The zero-order valence-corrected chi connectivity index (χ0v) is 15.5. The average Bonchev–Trinajstić information content (AvgIpc) is 2.45. The molecule has 1 aromatic rings. The Labute approximate surface area is 142 Å². The Bertz CT molecular complexity index is 816. The summed E-state index contributed by atoms with van der Waals surface area (Å²) in [7, 11) is -6.54. The van der Waals surface area contributed by atoms with Gasteiger partial charge in [0.25, 0.3) is 0 Å². The van der Waals surface area contributed by atoms with Gasteiger partial charge in [0, 0.05) is 0 Å². The molecule has 0 heterocycles. The maximum absolute atomic E-state index is 12.4. The van der Waals surface area contributed by atoms with E-state index in [1.165, 1.54) is 26.1 Å². The summed E-state index contributed by atoms with van der Waals surface area (Å²) in [5, 5.41) is 9.16. The molecule has 1 atom stereocenters. The number of rotatable bonds is 8. The molecule has 0 aliphatic heterocycles. The zero-order valence-electron chi connectivity index (χ0n) is 13.9. The molecule has 1 rings (SSSR count). The number of hydrogen-bond donors (Lipinski definition) is 3. The van der Waals surface area contributed by atoms with Crippen LogP contribution in [0.4, 0.5) is 0 Å². The van der Waals surface area contributed by atoms with Crippen molar-refractivity contribution < 1.29 is 26.7 Å². The third-order valence-electron chi connectivity index (χ3n) is 3.32. The zero-order chi connectivity index (χ0) is 18.7. The van der Waals surface area contributed by atoms with Gasteiger partial charge in [0.15, 0.2) is 0 Å². The largest absolute Gasteiger partial charge is 0.480 e. The molecule has 0 aliphatic carbocycles. The van der Waals surface area contributed by atoms with Gasteiger partial charge in [-0.3, -0.25) is 4.79 Å². The molecule has 0 saturated carbocycles. The minimum absolute atomic E-state index is 0.0151. The summed E-state index contributed by atoms with van der Waals surface area (Å²) in [6.07, 6.45) is 0.139. The molecule has 10 heteroatoms. The molecule has 0 spiro atoms. The molecule has 0 amide bonds. The van der Waals surface area contributed by atoms with Crippen LogP contribution in [0.3, 0.4) is 0 Å². The van der Waals surface area contributed by atoms with Crippen LogP contribution in [0, 0.1) is 12.8 Å². The fraction of sp³-hybridized carbons (Fsp3) is 0.500. The molecule has 0 aliphatic rings. The first kappa shape index (κ1) is 20.6. The molecule has 24 heavy (non-hydrogen) atoms. The molecule has 3 N–H and O–H groups in total. The summed E-state index contributed by atoms with van der Waals surface area (Å²) >= 11 is 0. The molecule has 0 aromatic heterocycles. The van der Waals surface area contributed by atoms with E-state index in [0.717, 1.165) is 6.07 Å². The van der Waals surface area contributed by atoms with Gasteiger partial charge in [-0.1, -0.05) is 13.8 Å². The first-order valence-corrected chi connectivity index (χ1v) is 10.2. The highest BCUT2D eigenvalue weighted by Crippen LogP contribution is 2.20.